The number of hydrogen-bond acceptors (Lipinski definition) is 3. The largest absolute Gasteiger partial charge is 0.357 e. The van der Waals surface area contributed by atoms with E-state index in [0.29, 0.717) is 0 Å². The van der Waals surface area contributed by atoms with E-state index < -0.39 is 0 Å². The molecule has 0 amide bonds. The summed E-state index contributed by atoms with van der Waals surface area (Å²) in [5.74, 6) is 0. The number of aryl methyl sites for hydroxylation is 1. The van der Waals surface area contributed by atoms with Crippen molar-refractivity contribution in [3.8, 4) is 0 Å². The molecule has 0 aromatic carbocycles. The summed E-state index contributed by atoms with van der Waals surface area (Å²) in [6.45, 7) is 0.791. The van der Waals surface area contributed by atoms with Gasteiger partial charge in [0, 0.05) is 19.7 Å². The molecule has 5 heteroatoms. The van der Waals surface area contributed by atoms with Gasteiger partial charge in [0.2, 0.25) is 0 Å². The van der Waals surface area contributed by atoms with Gasteiger partial charge in [-0.15, -0.1) is 0 Å². The van der Waals surface area contributed by atoms with Crippen LogP contribution < -0.4 is 5.56 Å². The Bertz CT molecular complexity index is 593. The molecule has 3 rings (SSSR count). The molecule has 3 heterocycles. The first-order valence-electron chi connectivity index (χ1n) is 5.92. The van der Waals surface area contributed by atoms with Gasteiger partial charge in [0.1, 0.15) is 11.7 Å². The highest BCUT2D eigenvalue weighted by molar-refractivity contribution is 5.73. The lowest BCUT2D eigenvalue weighted by molar-refractivity contribution is -0.0390. The Morgan fingerprint density at radius 3 is 3.06 bits per heavy atom. The second-order valence-corrected chi connectivity index (χ2v) is 4.43. The molecule has 1 aliphatic rings. The molecule has 5 nitrogen and oxygen atoms in total. The molecule has 0 spiro atoms. The van der Waals surface area contributed by atoms with Gasteiger partial charge in [-0.05, 0) is 25.3 Å². The number of aromatic nitrogens is 3. The minimum atomic E-state index is -0.0124. The maximum absolute atomic E-state index is 11.5. The predicted molar refractivity (Wildman–Crippen MR) is 63.8 cm³/mol. The van der Waals surface area contributed by atoms with Crippen LogP contribution in [0.15, 0.2) is 23.1 Å². The smallest absolute Gasteiger partial charge is 0.250 e. The molecule has 0 radical (unpaired) electrons. The first-order chi connectivity index (χ1) is 8.25. The van der Waals surface area contributed by atoms with Crippen molar-refractivity contribution in [3.05, 3.63) is 28.7 Å². The second-order valence-electron chi connectivity index (χ2n) is 4.43. The van der Waals surface area contributed by atoms with Crippen molar-refractivity contribution >= 4 is 11.0 Å². The Labute approximate surface area is 98.6 Å². The van der Waals surface area contributed by atoms with Crippen molar-refractivity contribution < 1.29 is 4.74 Å². The zero-order valence-electron chi connectivity index (χ0n) is 9.80. The maximum atomic E-state index is 11.5. The van der Waals surface area contributed by atoms with Crippen LogP contribution in [0, 0.1) is 0 Å². The zero-order valence-corrected chi connectivity index (χ0v) is 9.80. The van der Waals surface area contributed by atoms with E-state index in [0.717, 1.165) is 30.5 Å². The number of nitrogens with zero attached hydrogens (tertiary/aromatic N) is 3. The average Bonchev–Trinajstić information content (AvgIpc) is 2.80. The minimum absolute atomic E-state index is 0.0124. The highest BCUT2D eigenvalue weighted by atomic mass is 16.5. The molecule has 17 heavy (non-hydrogen) atoms. The van der Waals surface area contributed by atoms with E-state index >= 15 is 0 Å². The normalized spacial score (nSPS) is 20.9. The third-order valence-corrected chi connectivity index (χ3v) is 3.27. The van der Waals surface area contributed by atoms with Gasteiger partial charge >= 0.3 is 0 Å². The molecular formula is C12H15N3O2. The third kappa shape index (κ3) is 1.76. The molecule has 0 bridgehead atoms. The topological polar surface area (TPSA) is 49.0 Å². The Morgan fingerprint density at radius 2 is 2.29 bits per heavy atom. The van der Waals surface area contributed by atoms with Gasteiger partial charge in [-0.25, -0.2) is 4.68 Å². The highest BCUT2D eigenvalue weighted by Crippen LogP contribution is 2.23. The van der Waals surface area contributed by atoms with Crippen LogP contribution in [0.5, 0.6) is 0 Å². The molecule has 1 unspecified atom stereocenters. The third-order valence-electron chi connectivity index (χ3n) is 3.27. The molecule has 2 aromatic heterocycles. The fourth-order valence-corrected chi connectivity index (χ4v) is 2.23. The second kappa shape index (κ2) is 4.00. The van der Waals surface area contributed by atoms with E-state index in [1.54, 1.807) is 23.7 Å². The van der Waals surface area contributed by atoms with Crippen molar-refractivity contribution in [1.29, 1.82) is 0 Å². The van der Waals surface area contributed by atoms with Gasteiger partial charge in [-0.2, -0.15) is 5.10 Å². The molecular weight excluding hydrogens is 218 g/mol. The summed E-state index contributed by atoms with van der Waals surface area (Å²) in [6, 6.07) is 3.30. The van der Waals surface area contributed by atoms with Gasteiger partial charge in [-0.3, -0.25) is 4.79 Å². The SMILES string of the molecule is Cn1c(=O)ccc2nn(C3CCCCO3)cc21. The number of ether oxygens (including phenoxy) is 1. The van der Waals surface area contributed by atoms with Crippen LogP contribution in [-0.2, 0) is 11.8 Å². The van der Waals surface area contributed by atoms with Crippen molar-refractivity contribution in [3.63, 3.8) is 0 Å². The van der Waals surface area contributed by atoms with E-state index in [1.807, 2.05) is 10.9 Å². The molecule has 0 N–H and O–H groups in total. The van der Waals surface area contributed by atoms with E-state index in [-0.39, 0.29) is 11.8 Å². The molecule has 0 aliphatic carbocycles. The average molecular weight is 233 g/mol. The van der Waals surface area contributed by atoms with Gasteiger partial charge in [0.05, 0.1) is 11.7 Å². The number of pyridine rings is 1. The first-order valence-corrected chi connectivity index (χ1v) is 5.92. The van der Waals surface area contributed by atoms with Crippen LogP contribution >= 0.6 is 0 Å². The molecule has 90 valence electrons. The van der Waals surface area contributed by atoms with Crippen molar-refractivity contribution in [2.75, 3.05) is 6.61 Å². The minimum Gasteiger partial charge on any atom is -0.357 e. The fraction of sp³-hybridized carbons (Fsp3) is 0.500. The Hall–Kier alpha value is -1.62. The maximum Gasteiger partial charge on any atom is 0.250 e. The molecule has 1 aliphatic heterocycles. The van der Waals surface area contributed by atoms with Crippen LogP contribution in [0.3, 0.4) is 0 Å². The fourth-order valence-electron chi connectivity index (χ4n) is 2.23. The van der Waals surface area contributed by atoms with Gasteiger partial charge in [0.25, 0.3) is 5.56 Å². The molecule has 1 fully saturated rings. The zero-order chi connectivity index (χ0) is 11.8. The van der Waals surface area contributed by atoms with Gasteiger partial charge in [-0.1, -0.05) is 0 Å². The summed E-state index contributed by atoms with van der Waals surface area (Å²) in [7, 11) is 1.76. The number of fused-ring (bicyclic) bond motifs is 1. The molecule has 0 saturated carbocycles. The summed E-state index contributed by atoms with van der Waals surface area (Å²) in [6.07, 6.45) is 5.19. The molecule has 2 aromatic rings. The van der Waals surface area contributed by atoms with Crippen molar-refractivity contribution in [2.45, 2.75) is 25.5 Å². The number of rotatable bonds is 1. The van der Waals surface area contributed by atoms with E-state index in [2.05, 4.69) is 5.10 Å². The molecule has 1 atom stereocenters. The summed E-state index contributed by atoms with van der Waals surface area (Å²) in [4.78, 5) is 11.5. The summed E-state index contributed by atoms with van der Waals surface area (Å²) >= 11 is 0. The van der Waals surface area contributed by atoms with Gasteiger partial charge < -0.3 is 9.30 Å². The van der Waals surface area contributed by atoms with E-state index in [9.17, 15) is 4.79 Å². The molecule has 1 saturated heterocycles. The van der Waals surface area contributed by atoms with Crippen molar-refractivity contribution in [1.82, 2.24) is 14.3 Å². The monoisotopic (exact) mass is 233 g/mol. The summed E-state index contributed by atoms with van der Waals surface area (Å²) in [5.41, 5.74) is 1.68. The standard InChI is InChI=1S/C12H15N3O2/c1-14-10-8-15(12-4-2-3-7-17-12)13-9(10)5-6-11(14)16/h5-6,8,12H,2-4,7H2,1H3. The van der Waals surface area contributed by atoms with Crippen LogP contribution in [-0.4, -0.2) is 21.0 Å². The Balaban J connectivity index is 2.07. The van der Waals surface area contributed by atoms with Crippen LogP contribution in [0.1, 0.15) is 25.5 Å². The van der Waals surface area contributed by atoms with Crippen LogP contribution in [0.25, 0.3) is 11.0 Å². The lowest BCUT2D eigenvalue weighted by Crippen LogP contribution is -2.18. The lowest BCUT2D eigenvalue weighted by atomic mass is 10.2. The van der Waals surface area contributed by atoms with E-state index in [1.165, 1.54) is 6.42 Å². The highest BCUT2D eigenvalue weighted by Gasteiger charge is 2.17. The Morgan fingerprint density at radius 1 is 1.41 bits per heavy atom. The van der Waals surface area contributed by atoms with Gasteiger partial charge in [0.15, 0.2) is 0 Å². The van der Waals surface area contributed by atoms with E-state index in [4.69, 9.17) is 4.74 Å². The van der Waals surface area contributed by atoms with Crippen molar-refractivity contribution in [2.24, 2.45) is 7.05 Å². The quantitative estimate of drug-likeness (QED) is 0.748. The first kappa shape index (κ1) is 10.5. The number of hydrogen-bond donors (Lipinski definition) is 0. The van der Waals surface area contributed by atoms with Crippen LogP contribution in [0.2, 0.25) is 0 Å². The predicted octanol–water partition coefficient (Wildman–Crippen LogP) is 1.43. The summed E-state index contributed by atoms with van der Waals surface area (Å²) < 4.78 is 9.13. The Kier molecular flexibility index (Phi) is 2.48. The van der Waals surface area contributed by atoms with Crippen LogP contribution in [0.4, 0.5) is 0 Å². The summed E-state index contributed by atoms with van der Waals surface area (Å²) in [5, 5.41) is 4.47. The lowest BCUT2D eigenvalue weighted by Gasteiger charge is -2.22.